The van der Waals surface area contributed by atoms with E-state index in [0.717, 1.165) is 11.3 Å². The van der Waals surface area contributed by atoms with E-state index in [4.69, 9.17) is 9.16 Å². The molecule has 0 bridgehead atoms. The summed E-state index contributed by atoms with van der Waals surface area (Å²) in [5.74, 6) is -0.665. The maximum absolute atomic E-state index is 12.1. The average Bonchev–Trinajstić information content (AvgIpc) is 2.77. The van der Waals surface area contributed by atoms with Crippen molar-refractivity contribution in [3.8, 4) is 0 Å². The van der Waals surface area contributed by atoms with Gasteiger partial charge < -0.3 is 14.5 Å². The van der Waals surface area contributed by atoms with E-state index >= 15 is 0 Å². The first kappa shape index (κ1) is 19.8. The van der Waals surface area contributed by atoms with E-state index in [1.165, 1.54) is 6.92 Å². The SMILES string of the molecule is CCOC(=O)c1sc(NC(C)=O)nc1CO[Si](C)(C)C(C)(C)C. The van der Waals surface area contributed by atoms with Crippen LogP contribution in [0.5, 0.6) is 0 Å². The number of ether oxygens (including phenoxy) is 1. The first-order chi connectivity index (χ1) is 10.5. The molecule has 0 aliphatic carbocycles. The van der Waals surface area contributed by atoms with Gasteiger partial charge in [-0.05, 0) is 25.1 Å². The van der Waals surface area contributed by atoms with Gasteiger partial charge in [-0.2, -0.15) is 0 Å². The quantitative estimate of drug-likeness (QED) is 0.618. The Kier molecular flexibility index (Phi) is 6.49. The van der Waals surface area contributed by atoms with Gasteiger partial charge in [-0.1, -0.05) is 32.1 Å². The van der Waals surface area contributed by atoms with Gasteiger partial charge in [0.25, 0.3) is 0 Å². The van der Waals surface area contributed by atoms with Crippen LogP contribution in [0.25, 0.3) is 0 Å². The highest BCUT2D eigenvalue weighted by molar-refractivity contribution is 7.17. The summed E-state index contributed by atoms with van der Waals surface area (Å²) in [6.07, 6.45) is 0. The van der Waals surface area contributed by atoms with Crippen molar-refractivity contribution in [2.24, 2.45) is 0 Å². The van der Waals surface area contributed by atoms with Gasteiger partial charge in [0.15, 0.2) is 13.4 Å². The maximum Gasteiger partial charge on any atom is 0.350 e. The fourth-order valence-corrected chi connectivity index (χ4v) is 3.31. The van der Waals surface area contributed by atoms with E-state index in [9.17, 15) is 9.59 Å². The Hall–Kier alpha value is -1.25. The van der Waals surface area contributed by atoms with Crippen LogP contribution in [0.1, 0.15) is 50.0 Å². The number of hydrogen-bond donors (Lipinski definition) is 1. The number of aromatic nitrogens is 1. The van der Waals surface area contributed by atoms with E-state index in [2.05, 4.69) is 44.2 Å². The number of thiazole rings is 1. The van der Waals surface area contributed by atoms with Crippen LogP contribution in [0.3, 0.4) is 0 Å². The average molecular weight is 359 g/mol. The van der Waals surface area contributed by atoms with Crippen molar-refractivity contribution >= 4 is 36.7 Å². The van der Waals surface area contributed by atoms with Crippen molar-refractivity contribution in [2.45, 2.75) is 59.4 Å². The number of hydrogen-bond acceptors (Lipinski definition) is 6. The molecule has 8 heteroatoms. The Morgan fingerprint density at radius 1 is 1.30 bits per heavy atom. The highest BCUT2D eigenvalue weighted by Crippen LogP contribution is 2.37. The molecule has 1 N–H and O–H groups in total. The first-order valence-electron chi connectivity index (χ1n) is 7.56. The second-order valence-corrected chi connectivity index (χ2v) is 12.6. The lowest BCUT2D eigenvalue weighted by molar-refractivity contribution is -0.114. The molecule has 0 saturated heterocycles. The lowest BCUT2D eigenvalue weighted by atomic mass is 10.2. The molecule has 130 valence electrons. The molecule has 1 heterocycles. The molecule has 1 aromatic rings. The molecule has 0 saturated carbocycles. The predicted molar refractivity (Wildman–Crippen MR) is 94.4 cm³/mol. The smallest absolute Gasteiger partial charge is 0.350 e. The molecule has 0 unspecified atom stereocenters. The van der Waals surface area contributed by atoms with Crippen LogP contribution >= 0.6 is 11.3 Å². The van der Waals surface area contributed by atoms with Crippen molar-refractivity contribution < 1.29 is 18.8 Å². The molecule has 0 aliphatic heterocycles. The highest BCUT2D eigenvalue weighted by Gasteiger charge is 2.37. The van der Waals surface area contributed by atoms with Crippen LogP contribution in [0.2, 0.25) is 18.1 Å². The maximum atomic E-state index is 12.1. The number of carbonyl (C=O) groups is 2. The summed E-state index contributed by atoms with van der Waals surface area (Å²) >= 11 is 1.11. The zero-order valence-electron chi connectivity index (χ0n) is 14.9. The topological polar surface area (TPSA) is 77.5 Å². The minimum atomic E-state index is -1.96. The first-order valence-corrected chi connectivity index (χ1v) is 11.3. The zero-order chi connectivity index (χ0) is 17.8. The van der Waals surface area contributed by atoms with Gasteiger partial charge in [0, 0.05) is 6.92 Å². The molecule has 6 nitrogen and oxygen atoms in total. The van der Waals surface area contributed by atoms with Crippen molar-refractivity contribution in [3.63, 3.8) is 0 Å². The number of anilines is 1. The zero-order valence-corrected chi connectivity index (χ0v) is 16.7. The summed E-state index contributed by atoms with van der Waals surface area (Å²) in [4.78, 5) is 28.0. The van der Waals surface area contributed by atoms with E-state index in [1.807, 2.05) is 0 Å². The number of carbonyl (C=O) groups excluding carboxylic acids is 2. The van der Waals surface area contributed by atoms with Crippen molar-refractivity contribution in [3.05, 3.63) is 10.6 Å². The molecule has 0 atom stereocenters. The van der Waals surface area contributed by atoms with Crippen LogP contribution in [-0.2, 0) is 20.6 Å². The lowest BCUT2D eigenvalue weighted by Crippen LogP contribution is -2.40. The van der Waals surface area contributed by atoms with Gasteiger partial charge in [0.05, 0.1) is 18.9 Å². The Labute approximate surface area is 142 Å². The monoisotopic (exact) mass is 358 g/mol. The van der Waals surface area contributed by atoms with E-state index in [0.29, 0.717) is 15.7 Å². The number of esters is 1. The molecule has 0 aliphatic rings. The van der Waals surface area contributed by atoms with Crippen LogP contribution in [-0.4, -0.2) is 31.8 Å². The van der Waals surface area contributed by atoms with Crippen molar-refractivity contribution in [2.75, 3.05) is 11.9 Å². The van der Waals surface area contributed by atoms with Crippen LogP contribution < -0.4 is 5.32 Å². The van der Waals surface area contributed by atoms with Gasteiger partial charge in [-0.3, -0.25) is 4.79 Å². The molecular weight excluding hydrogens is 332 g/mol. The summed E-state index contributed by atoms with van der Waals surface area (Å²) in [6.45, 7) is 14.4. The summed E-state index contributed by atoms with van der Waals surface area (Å²) in [7, 11) is -1.96. The number of rotatable bonds is 6. The molecule has 1 amide bonds. The molecule has 0 spiro atoms. The molecular formula is C15H26N2O4SSi. The number of amides is 1. The van der Waals surface area contributed by atoms with Gasteiger partial charge >= 0.3 is 5.97 Å². The van der Waals surface area contributed by atoms with Crippen LogP contribution in [0, 0.1) is 0 Å². The lowest BCUT2D eigenvalue weighted by Gasteiger charge is -2.35. The largest absolute Gasteiger partial charge is 0.462 e. The van der Waals surface area contributed by atoms with E-state index < -0.39 is 14.3 Å². The summed E-state index contributed by atoms with van der Waals surface area (Å²) in [5.41, 5.74) is 0.516. The minimum Gasteiger partial charge on any atom is -0.462 e. The molecule has 0 aromatic carbocycles. The Morgan fingerprint density at radius 2 is 1.91 bits per heavy atom. The molecule has 1 aromatic heterocycles. The van der Waals surface area contributed by atoms with Crippen molar-refractivity contribution in [1.29, 1.82) is 0 Å². The second-order valence-electron chi connectivity index (χ2n) is 6.75. The Morgan fingerprint density at radius 3 is 2.39 bits per heavy atom. The van der Waals surface area contributed by atoms with Crippen LogP contribution in [0.4, 0.5) is 5.13 Å². The molecule has 1 rings (SSSR count). The number of nitrogens with zero attached hydrogens (tertiary/aromatic N) is 1. The molecule has 0 fully saturated rings. The predicted octanol–water partition coefficient (Wildman–Crippen LogP) is 3.80. The normalized spacial score (nSPS) is 12.1. The highest BCUT2D eigenvalue weighted by atomic mass is 32.1. The van der Waals surface area contributed by atoms with Gasteiger partial charge in [-0.25, -0.2) is 9.78 Å². The van der Waals surface area contributed by atoms with E-state index in [-0.39, 0.29) is 24.2 Å². The summed E-state index contributed by atoms with van der Waals surface area (Å²) in [5, 5.41) is 3.05. The van der Waals surface area contributed by atoms with Gasteiger partial charge in [0.1, 0.15) is 4.88 Å². The molecule has 0 radical (unpaired) electrons. The second kappa shape index (κ2) is 7.54. The third kappa shape index (κ3) is 5.40. The standard InChI is InChI=1S/C15H26N2O4SSi/c1-8-20-13(19)12-11(17-14(22-12)16-10(2)18)9-21-23(6,7)15(3,4)5/h8-9H2,1-7H3,(H,16,17,18). The molecule has 23 heavy (non-hydrogen) atoms. The third-order valence-electron chi connectivity index (χ3n) is 3.82. The van der Waals surface area contributed by atoms with E-state index in [1.54, 1.807) is 6.92 Å². The van der Waals surface area contributed by atoms with Crippen molar-refractivity contribution in [1.82, 2.24) is 4.98 Å². The summed E-state index contributed by atoms with van der Waals surface area (Å²) < 4.78 is 11.2. The number of nitrogens with one attached hydrogen (secondary N) is 1. The third-order valence-corrected chi connectivity index (χ3v) is 9.29. The van der Waals surface area contributed by atoms with Gasteiger partial charge in [-0.15, -0.1) is 0 Å². The minimum absolute atomic E-state index is 0.0631. The van der Waals surface area contributed by atoms with Crippen LogP contribution in [0.15, 0.2) is 0 Å². The summed E-state index contributed by atoms with van der Waals surface area (Å²) in [6, 6.07) is 0. The fourth-order valence-electron chi connectivity index (χ4n) is 1.48. The Bertz CT molecular complexity index is 579. The Balaban J connectivity index is 3.01. The van der Waals surface area contributed by atoms with Gasteiger partial charge in [0.2, 0.25) is 5.91 Å². The fraction of sp³-hybridized carbons (Fsp3) is 0.667.